The molecule has 0 fully saturated rings. The van der Waals surface area contributed by atoms with Crippen molar-refractivity contribution < 1.29 is 14.7 Å². The van der Waals surface area contributed by atoms with E-state index in [2.05, 4.69) is 15.9 Å². The third-order valence-electron chi connectivity index (χ3n) is 2.59. The van der Waals surface area contributed by atoms with Crippen molar-refractivity contribution in [3.05, 3.63) is 41.0 Å². The summed E-state index contributed by atoms with van der Waals surface area (Å²) in [5.74, 6) is -1.01. The Balaban J connectivity index is 3.24. The molecule has 1 aromatic rings. The van der Waals surface area contributed by atoms with E-state index in [-0.39, 0.29) is 5.78 Å². The normalized spacial score (nSPS) is 12.6. The second kappa shape index (κ2) is 6.50. The van der Waals surface area contributed by atoms with Crippen molar-refractivity contribution in [3.63, 3.8) is 0 Å². The number of rotatable bonds is 5. The molecule has 3 nitrogen and oxygen atoms in total. The van der Waals surface area contributed by atoms with Gasteiger partial charge in [-0.2, -0.15) is 0 Å². The van der Waals surface area contributed by atoms with Crippen LogP contribution in [-0.4, -0.2) is 16.9 Å². The van der Waals surface area contributed by atoms with Crippen molar-refractivity contribution in [2.75, 3.05) is 0 Å². The fraction of sp³-hybridized carbons (Fsp3) is 0.286. The highest BCUT2D eigenvalue weighted by atomic mass is 79.9. The van der Waals surface area contributed by atoms with Gasteiger partial charge in [-0.25, -0.2) is 4.79 Å². The summed E-state index contributed by atoms with van der Waals surface area (Å²) in [6.07, 6.45) is 3.47. The second-order valence-electron chi connectivity index (χ2n) is 3.96. The van der Waals surface area contributed by atoms with Gasteiger partial charge in [-0.15, -0.1) is 0 Å². The summed E-state index contributed by atoms with van der Waals surface area (Å²) in [6, 6.07) is 5.72. The predicted molar refractivity (Wildman–Crippen MR) is 74.8 cm³/mol. The molecule has 0 amide bonds. The van der Waals surface area contributed by atoms with Gasteiger partial charge in [0.1, 0.15) is 5.78 Å². The fourth-order valence-electron chi connectivity index (χ4n) is 1.60. The van der Waals surface area contributed by atoms with Gasteiger partial charge in [0.2, 0.25) is 0 Å². The first-order valence-corrected chi connectivity index (χ1v) is 6.55. The molecule has 0 spiro atoms. The molecule has 1 aromatic carbocycles. The van der Waals surface area contributed by atoms with Gasteiger partial charge in [-0.05, 0) is 36.1 Å². The Hall–Kier alpha value is -1.42. The molecule has 0 aliphatic rings. The van der Waals surface area contributed by atoms with Gasteiger partial charge < -0.3 is 5.11 Å². The number of carbonyl (C=O) groups excluding carboxylic acids is 1. The Bertz CT molecular complexity index is 492. The highest BCUT2D eigenvalue weighted by molar-refractivity contribution is 9.09. The summed E-state index contributed by atoms with van der Waals surface area (Å²) in [4.78, 5) is 21.6. The lowest BCUT2D eigenvalue weighted by Crippen LogP contribution is -2.03. The molecule has 4 heteroatoms. The number of carboxylic acid groups (broad SMARTS) is 1. The Labute approximate surface area is 115 Å². The summed E-state index contributed by atoms with van der Waals surface area (Å²) < 4.78 is 0. The number of carboxylic acids is 1. The number of hydrogen-bond acceptors (Lipinski definition) is 2. The molecule has 0 aliphatic carbocycles. The zero-order chi connectivity index (χ0) is 13.7. The third kappa shape index (κ3) is 3.81. The first kappa shape index (κ1) is 14.6. The highest BCUT2D eigenvalue weighted by Crippen LogP contribution is 2.28. The molecular weight excluding hydrogens is 296 g/mol. The van der Waals surface area contributed by atoms with Gasteiger partial charge in [-0.3, -0.25) is 4.79 Å². The number of aliphatic carboxylic acids is 1. The number of Topliss-reactive ketones (excluding diaryl/α,β-unsaturated/α-hetero) is 1. The summed E-state index contributed by atoms with van der Waals surface area (Å²) in [5.41, 5.74) is 2.65. The van der Waals surface area contributed by atoms with Gasteiger partial charge >= 0.3 is 5.97 Å². The molecule has 0 heterocycles. The second-order valence-corrected chi connectivity index (χ2v) is 4.88. The maximum Gasteiger partial charge on any atom is 0.328 e. The average Bonchev–Trinajstić information content (AvgIpc) is 2.34. The van der Waals surface area contributed by atoms with Crippen LogP contribution in [0.15, 0.2) is 24.3 Å². The van der Waals surface area contributed by atoms with E-state index in [0.29, 0.717) is 0 Å². The zero-order valence-electron chi connectivity index (χ0n) is 10.3. The van der Waals surface area contributed by atoms with E-state index >= 15 is 0 Å². The van der Waals surface area contributed by atoms with Crippen molar-refractivity contribution in [3.8, 4) is 0 Å². The van der Waals surface area contributed by atoms with E-state index in [9.17, 15) is 9.59 Å². The standard InChI is InChI=1S/C14H15BrO3/c1-3-10-4-6-12(14(15)9(2)16)11(8-10)5-7-13(17)18/h4-8,14H,3H2,1-2H3,(H,17,18). The molecule has 0 saturated carbocycles. The average molecular weight is 311 g/mol. The monoisotopic (exact) mass is 310 g/mol. The first-order chi connectivity index (χ1) is 8.45. The van der Waals surface area contributed by atoms with Gasteiger partial charge in [0.05, 0.1) is 4.83 Å². The lowest BCUT2D eigenvalue weighted by molar-refractivity contribution is -0.131. The van der Waals surface area contributed by atoms with Crippen molar-refractivity contribution in [2.45, 2.75) is 25.1 Å². The quantitative estimate of drug-likeness (QED) is 0.670. The number of halogens is 1. The van der Waals surface area contributed by atoms with E-state index in [1.807, 2.05) is 25.1 Å². The van der Waals surface area contributed by atoms with Crippen molar-refractivity contribution in [1.29, 1.82) is 0 Å². The van der Waals surface area contributed by atoms with E-state index in [1.54, 1.807) is 0 Å². The number of hydrogen-bond donors (Lipinski definition) is 1. The highest BCUT2D eigenvalue weighted by Gasteiger charge is 2.15. The summed E-state index contributed by atoms with van der Waals surface area (Å²) >= 11 is 3.32. The van der Waals surface area contributed by atoms with Crippen LogP contribution in [0.2, 0.25) is 0 Å². The molecule has 0 aliphatic heterocycles. The molecule has 0 aromatic heterocycles. The number of benzene rings is 1. The molecule has 1 unspecified atom stereocenters. The first-order valence-electron chi connectivity index (χ1n) is 5.64. The SMILES string of the molecule is CCc1ccc(C(Br)C(C)=O)c(C=CC(=O)O)c1. The maximum absolute atomic E-state index is 11.4. The number of carbonyl (C=O) groups is 2. The molecule has 1 atom stereocenters. The Kier molecular flexibility index (Phi) is 5.28. The molecular formula is C14H15BrO3. The molecule has 96 valence electrons. The van der Waals surface area contributed by atoms with Crippen LogP contribution in [0.4, 0.5) is 0 Å². The third-order valence-corrected chi connectivity index (χ3v) is 3.73. The maximum atomic E-state index is 11.4. The van der Waals surface area contributed by atoms with Gasteiger partial charge in [0, 0.05) is 6.08 Å². The van der Waals surface area contributed by atoms with E-state index in [1.165, 1.54) is 13.0 Å². The minimum atomic E-state index is -1.00. The summed E-state index contributed by atoms with van der Waals surface area (Å²) in [6.45, 7) is 3.52. The number of aryl methyl sites for hydroxylation is 1. The Morgan fingerprint density at radius 2 is 2.11 bits per heavy atom. The number of ketones is 1. The summed E-state index contributed by atoms with van der Waals surface area (Å²) in [7, 11) is 0. The molecule has 0 saturated heterocycles. The lowest BCUT2D eigenvalue weighted by atomic mass is 9.98. The Morgan fingerprint density at radius 3 is 2.61 bits per heavy atom. The van der Waals surface area contributed by atoms with Crippen LogP contribution in [0.1, 0.15) is 35.4 Å². The topological polar surface area (TPSA) is 54.4 Å². The molecule has 18 heavy (non-hydrogen) atoms. The van der Waals surface area contributed by atoms with Crippen LogP contribution in [0.5, 0.6) is 0 Å². The number of alkyl halides is 1. The van der Waals surface area contributed by atoms with Crippen LogP contribution < -0.4 is 0 Å². The van der Waals surface area contributed by atoms with E-state index < -0.39 is 10.8 Å². The van der Waals surface area contributed by atoms with Gasteiger partial charge in [-0.1, -0.05) is 41.1 Å². The van der Waals surface area contributed by atoms with Crippen LogP contribution >= 0.6 is 15.9 Å². The van der Waals surface area contributed by atoms with Crippen molar-refractivity contribution in [1.82, 2.24) is 0 Å². The zero-order valence-corrected chi connectivity index (χ0v) is 11.9. The minimum absolute atomic E-state index is 0.00998. The van der Waals surface area contributed by atoms with E-state index in [4.69, 9.17) is 5.11 Å². The van der Waals surface area contributed by atoms with Crippen LogP contribution in [0, 0.1) is 0 Å². The molecule has 1 N–H and O–H groups in total. The fourth-order valence-corrected chi connectivity index (χ4v) is 2.02. The van der Waals surface area contributed by atoms with Gasteiger partial charge in [0.15, 0.2) is 0 Å². The predicted octanol–water partition coefficient (Wildman–Crippen LogP) is 3.37. The van der Waals surface area contributed by atoms with Crippen molar-refractivity contribution >= 4 is 33.8 Å². The van der Waals surface area contributed by atoms with E-state index in [0.717, 1.165) is 29.2 Å². The largest absolute Gasteiger partial charge is 0.478 e. The van der Waals surface area contributed by atoms with Crippen LogP contribution in [0.25, 0.3) is 6.08 Å². The van der Waals surface area contributed by atoms with Crippen molar-refractivity contribution in [2.24, 2.45) is 0 Å². The summed E-state index contributed by atoms with van der Waals surface area (Å²) in [5, 5.41) is 8.67. The molecule has 0 radical (unpaired) electrons. The minimum Gasteiger partial charge on any atom is -0.478 e. The van der Waals surface area contributed by atoms with Crippen LogP contribution in [0.3, 0.4) is 0 Å². The Morgan fingerprint density at radius 1 is 1.44 bits per heavy atom. The van der Waals surface area contributed by atoms with Crippen LogP contribution in [-0.2, 0) is 16.0 Å². The smallest absolute Gasteiger partial charge is 0.328 e. The van der Waals surface area contributed by atoms with Gasteiger partial charge in [0.25, 0.3) is 0 Å². The lowest BCUT2D eigenvalue weighted by Gasteiger charge is -2.11. The molecule has 0 bridgehead atoms. The molecule has 1 rings (SSSR count).